The lowest BCUT2D eigenvalue weighted by molar-refractivity contribution is -0.175. The number of phenolic OH excluding ortho intramolecular Hbond substituents is 1. The first kappa shape index (κ1) is 89.6. The highest BCUT2D eigenvalue weighted by molar-refractivity contribution is 5.71. The van der Waals surface area contributed by atoms with Crippen molar-refractivity contribution in [2.45, 2.75) is 445 Å². The number of unbranched alkanes of at least 4 members (excludes halogenated alkanes) is 34. The molecule has 10 heteroatoms. The van der Waals surface area contributed by atoms with Gasteiger partial charge in [0, 0.05) is 30.4 Å². The van der Waals surface area contributed by atoms with Gasteiger partial charge in [-0.15, -0.1) is 0 Å². The molecule has 2 heterocycles. The number of aliphatic hydroxyl groups is 1. The van der Waals surface area contributed by atoms with Gasteiger partial charge in [-0.25, -0.2) is 0 Å². The number of hydrogen-bond donors (Lipinski definition) is 2. The van der Waals surface area contributed by atoms with Crippen molar-refractivity contribution in [3.8, 4) is 11.5 Å². The Kier molecular flexibility index (Phi) is 53.1. The summed E-state index contributed by atoms with van der Waals surface area (Å²) in [5.74, 6) is 2.83. The molecule has 0 unspecified atom stereocenters. The molecule has 1 saturated heterocycles. The zero-order chi connectivity index (χ0) is 71.8. The number of aliphatic hydroxyl groups excluding tert-OH is 1. The minimum atomic E-state index is -1.05. The van der Waals surface area contributed by atoms with E-state index in [2.05, 4.69) is 98.8 Å². The average Bonchev–Trinajstić information content (AvgIpc) is 1.32. The first-order chi connectivity index (χ1) is 48.1. The highest BCUT2D eigenvalue weighted by atomic mass is 16.6. The van der Waals surface area contributed by atoms with Crippen molar-refractivity contribution < 1.29 is 48.3 Å². The van der Waals surface area contributed by atoms with Gasteiger partial charge in [0.2, 0.25) is 0 Å². The normalized spacial score (nSPS) is 18.0. The van der Waals surface area contributed by atoms with Crippen LogP contribution in [0.15, 0.2) is 36.5 Å². The first-order valence-corrected chi connectivity index (χ1v) is 42.4. The molecule has 0 spiro atoms. The molecular formula is C89H156O10. The Hall–Kier alpha value is -3.63. The van der Waals surface area contributed by atoms with E-state index >= 15 is 0 Å². The van der Waals surface area contributed by atoms with Crippen LogP contribution in [-0.2, 0) is 46.2 Å². The minimum Gasteiger partial charge on any atom is -0.507 e. The molecule has 0 bridgehead atoms. The third-order valence-corrected chi connectivity index (χ3v) is 21.7. The van der Waals surface area contributed by atoms with E-state index in [0.717, 1.165) is 181 Å². The Balaban J connectivity index is 1.29. The lowest BCUT2D eigenvalue weighted by Gasteiger charge is -2.38. The number of esters is 3. The summed E-state index contributed by atoms with van der Waals surface area (Å²) >= 11 is 0. The molecule has 0 aliphatic carbocycles. The fourth-order valence-electron chi connectivity index (χ4n) is 14.9. The second-order valence-electron chi connectivity index (χ2n) is 31.7. The summed E-state index contributed by atoms with van der Waals surface area (Å²) in [6.45, 7) is 20.1. The maximum atomic E-state index is 13.4. The number of rotatable bonds is 65. The number of aromatic hydroxyl groups is 1. The summed E-state index contributed by atoms with van der Waals surface area (Å²) in [5.41, 5.74) is 4.37. The van der Waals surface area contributed by atoms with E-state index in [1.54, 1.807) is 0 Å². The largest absolute Gasteiger partial charge is 0.507 e. The molecule has 1 aromatic carbocycles. The molecule has 2 aliphatic rings. The van der Waals surface area contributed by atoms with E-state index < -0.39 is 43.0 Å². The molecular weight excluding hydrogens is 1230 g/mol. The van der Waals surface area contributed by atoms with Gasteiger partial charge in [-0.3, -0.25) is 14.4 Å². The standard InChI is InChI=1S/C89H156O10/c1-10-12-14-16-18-20-22-24-28-33-38-42-46-50-54-66-83(92)97-81-72-95-87(88(81)98-84(93)67-55-51-47-43-39-34-29-25-23-21-19-17-15-13-11-2)80(71-90)96-82(91)65-53-49-45-41-37-35-31-27-26-30-32-36-40-44-48-52-64-78-79-68-70-89(9,99-86(79)77(8)76(7)85(78)94)69-58-63-75(6)62-57-61-74(5)60-56-59-73(3)4/h24-25,27-29,31,73-75,80-81,87-88,90,94H,10-23,26,30,32-72H2,1-9H3/t74-,75-,80-,81+,87-,88-,89-/m1/s1. The molecule has 3 rings (SSSR count). The summed E-state index contributed by atoms with van der Waals surface area (Å²) in [7, 11) is 0. The number of ether oxygens (including phenoxy) is 5. The SMILES string of the molecule is CCCCCCCCC=CCCCCCCCC(=O)O[C@H]1[C@@H]([C@@H](CO)OC(=O)CCCCCCCC=CCCCCCCCCCc2c(O)c(C)c(C)c3c2CC[C@@](C)(CCC[C@H](C)CCC[C@H](C)CCCC(C)C)O3)OC[C@@H]1OC(=O)CCCCCCCC=CCCCCCCCC. The Labute approximate surface area is 609 Å². The van der Waals surface area contributed by atoms with Crippen LogP contribution in [0.4, 0.5) is 0 Å². The molecule has 7 atom stereocenters. The fourth-order valence-corrected chi connectivity index (χ4v) is 14.9. The Bertz CT molecular complexity index is 2270. The summed E-state index contributed by atoms with van der Waals surface area (Å²) in [6, 6.07) is 0. The number of phenols is 1. The summed E-state index contributed by atoms with van der Waals surface area (Å²) < 4.78 is 30.8. The lowest BCUT2D eigenvalue weighted by atomic mass is 9.82. The van der Waals surface area contributed by atoms with Crippen LogP contribution in [-0.4, -0.2) is 71.4 Å². The van der Waals surface area contributed by atoms with Crippen molar-refractivity contribution in [2.75, 3.05) is 13.2 Å². The lowest BCUT2D eigenvalue weighted by Crippen LogP contribution is -2.46. The minimum absolute atomic E-state index is 0.00133. The zero-order valence-corrected chi connectivity index (χ0v) is 66.0. The van der Waals surface area contributed by atoms with Crippen molar-refractivity contribution in [1.82, 2.24) is 0 Å². The second kappa shape index (κ2) is 58.7. The van der Waals surface area contributed by atoms with Crippen molar-refractivity contribution >= 4 is 17.9 Å². The zero-order valence-electron chi connectivity index (χ0n) is 66.0. The van der Waals surface area contributed by atoms with Gasteiger partial charge < -0.3 is 33.9 Å². The molecule has 0 aromatic heterocycles. The highest BCUT2D eigenvalue weighted by Gasteiger charge is 2.48. The van der Waals surface area contributed by atoms with Crippen LogP contribution in [0.25, 0.3) is 0 Å². The molecule has 0 radical (unpaired) electrons. The number of allylic oxidation sites excluding steroid dienone is 6. The van der Waals surface area contributed by atoms with Gasteiger partial charge in [0.05, 0.1) is 13.2 Å². The molecule has 99 heavy (non-hydrogen) atoms. The van der Waals surface area contributed by atoms with Crippen LogP contribution in [0, 0.1) is 31.6 Å². The smallest absolute Gasteiger partial charge is 0.306 e. The van der Waals surface area contributed by atoms with Crippen molar-refractivity contribution in [3.05, 3.63) is 58.7 Å². The maximum absolute atomic E-state index is 13.4. The Morgan fingerprint density at radius 3 is 1.33 bits per heavy atom. The van der Waals surface area contributed by atoms with Gasteiger partial charge in [0.25, 0.3) is 0 Å². The van der Waals surface area contributed by atoms with Crippen molar-refractivity contribution in [2.24, 2.45) is 17.8 Å². The number of carbonyl (C=O) groups excluding carboxylic acids is 3. The maximum Gasteiger partial charge on any atom is 0.306 e. The number of carbonyl (C=O) groups is 3. The van der Waals surface area contributed by atoms with Gasteiger partial charge in [-0.05, 0) is 184 Å². The number of benzene rings is 1. The fraction of sp³-hybridized carbons (Fsp3) is 0.831. The van der Waals surface area contributed by atoms with Gasteiger partial charge in [0.1, 0.15) is 23.2 Å². The van der Waals surface area contributed by atoms with E-state index in [1.165, 1.54) is 185 Å². The topological polar surface area (TPSA) is 138 Å². The number of hydrogen-bond acceptors (Lipinski definition) is 10. The number of fused-ring (bicyclic) bond motifs is 1. The summed E-state index contributed by atoms with van der Waals surface area (Å²) in [6.07, 6.45) is 71.7. The van der Waals surface area contributed by atoms with E-state index in [4.69, 9.17) is 23.7 Å². The highest BCUT2D eigenvalue weighted by Crippen LogP contribution is 2.46. The van der Waals surface area contributed by atoms with E-state index in [0.29, 0.717) is 18.6 Å². The van der Waals surface area contributed by atoms with Crippen molar-refractivity contribution in [3.63, 3.8) is 0 Å². The van der Waals surface area contributed by atoms with Gasteiger partial charge in [-0.2, -0.15) is 0 Å². The third kappa shape index (κ3) is 43.3. The molecule has 0 saturated carbocycles. The second-order valence-corrected chi connectivity index (χ2v) is 31.7. The van der Waals surface area contributed by atoms with E-state index in [-0.39, 0.29) is 37.4 Å². The van der Waals surface area contributed by atoms with E-state index in [1.807, 2.05) is 0 Å². The van der Waals surface area contributed by atoms with Gasteiger partial charge in [-0.1, -0.05) is 277 Å². The summed E-state index contributed by atoms with van der Waals surface area (Å²) in [4.78, 5) is 39.8. The van der Waals surface area contributed by atoms with Crippen LogP contribution in [0.5, 0.6) is 11.5 Å². The van der Waals surface area contributed by atoms with Crippen LogP contribution in [0.1, 0.15) is 411 Å². The molecule has 572 valence electrons. The predicted octanol–water partition coefficient (Wildman–Crippen LogP) is 25.7. The predicted molar refractivity (Wildman–Crippen MR) is 417 cm³/mol. The molecule has 2 aliphatic heterocycles. The Morgan fingerprint density at radius 2 is 0.889 bits per heavy atom. The monoisotopic (exact) mass is 1390 g/mol. The van der Waals surface area contributed by atoms with Crippen LogP contribution in [0.2, 0.25) is 0 Å². The van der Waals surface area contributed by atoms with Gasteiger partial charge >= 0.3 is 17.9 Å². The van der Waals surface area contributed by atoms with Crippen LogP contribution in [0.3, 0.4) is 0 Å². The molecule has 2 N–H and O–H groups in total. The molecule has 1 fully saturated rings. The third-order valence-electron chi connectivity index (χ3n) is 21.7. The van der Waals surface area contributed by atoms with Gasteiger partial charge in [0.15, 0.2) is 18.3 Å². The Morgan fingerprint density at radius 1 is 0.495 bits per heavy atom. The summed E-state index contributed by atoms with van der Waals surface area (Å²) in [5, 5.41) is 21.9. The molecule has 10 nitrogen and oxygen atoms in total. The quantitative estimate of drug-likeness (QED) is 0.0281. The van der Waals surface area contributed by atoms with Crippen molar-refractivity contribution in [1.29, 1.82) is 0 Å². The molecule has 1 aromatic rings. The van der Waals surface area contributed by atoms with Crippen LogP contribution >= 0.6 is 0 Å². The van der Waals surface area contributed by atoms with Crippen LogP contribution < -0.4 is 4.74 Å². The first-order valence-electron chi connectivity index (χ1n) is 42.4. The average molecular weight is 1390 g/mol. The molecule has 0 amide bonds. The van der Waals surface area contributed by atoms with E-state index in [9.17, 15) is 24.6 Å².